The van der Waals surface area contributed by atoms with Crippen LogP contribution < -0.4 is 4.74 Å². The average Bonchev–Trinajstić information content (AvgIpc) is 2.67. The van der Waals surface area contributed by atoms with Gasteiger partial charge in [-0.25, -0.2) is 13.2 Å². The third-order valence-corrected chi connectivity index (χ3v) is 6.32. The fourth-order valence-electron chi connectivity index (χ4n) is 2.60. The van der Waals surface area contributed by atoms with Gasteiger partial charge in [0.2, 0.25) is 9.84 Å². The van der Waals surface area contributed by atoms with Crippen molar-refractivity contribution >= 4 is 27.4 Å². The first-order valence-electron chi connectivity index (χ1n) is 7.99. The number of carbonyl (C=O) groups excluding carboxylic acids is 1. The molecule has 1 atom stereocenters. The van der Waals surface area contributed by atoms with Gasteiger partial charge < -0.3 is 9.47 Å². The molecule has 0 aromatic heterocycles. The number of nitrogens with zero attached hydrogens (tertiary/aromatic N) is 1. The summed E-state index contributed by atoms with van der Waals surface area (Å²) in [6.45, 7) is 3.05. The Balaban J connectivity index is 2.77. The number of rotatable bonds is 6. The number of hydrogen-bond donors (Lipinski definition) is 0. The number of ether oxygens (including phenoxy) is 2. The number of benzene rings is 2. The highest BCUT2D eigenvalue weighted by Crippen LogP contribution is 2.40. The molecule has 0 aliphatic rings. The lowest BCUT2D eigenvalue weighted by molar-refractivity contribution is -0.147. The summed E-state index contributed by atoms with van der Waals surface area (Å²) >= 11 is 6.06. The zero-order chi connectivity index (χ0) is 20.2. The van der Waals surface area contributed by atoms with Crippen LogP contribution in [0.4, 0.5) is 0 Å². The van der Waals surface area contributed by atoms with Crippen LogP contribution in [0.2, 0.25) is 5.02 Å². The van der Waals surface area contributed by atoms with Gasteiger partial charge in [0.1, 0.15) is 10.6 Å². The number of nitriles is 1. The van der Waals surface area contributed by atoms with Gasteiger partial charge in [0.15, 0.2) is 5.41 Å². The van der Waals surface area contributed by atoms with E-state index in [4.69, 9.17) is 21.1 Å². The predicted molar refractivity (Wildman–Crippen MR) is 99.5 cm³/mol. The van der Waals surface area contributed by atoms with Crippen molar-refractivity contribution < 1.29 is 22.7 Å². The van der Waals surface area contributed by atoms with Crippen LogP contribution in [-0.4, -0.2) is 28.1 Å². The molecule has 0 heterocycles. The van der Waals surface area contributed by atoms with Crippen LogP contribution >= 0.6 is 11.6 Å². The van der Waals surface area contributed by atoms with Crippen molar-refractivity contribution in [1.82, 2.24) is 0 Å². The molecular formula is C19H18ClNO5S. The molecule has 0 bridgehead atoms. The van der Waals surface area contributed by atoms with Gasteiger partial charge in [0.05, 0.1) is 29.7 Å². The molecule has 0 aliphatic heterocycles. The van der Waals surface area contributed by atoms with Gasteiger partial charge in [0.25, 0.3) is 0 Å². The lowest BCUT2D eigenvalue weighted by Gasteiger charge is -2.23. The van der Waals surface area contributed by atoms with Crippen LogP contribution in [0.5, 0.6) is 5.75 Å². The number of halogens is 1. The molecule has 2 rings (SSSR count). The molecule has 0 N–H and O–H groups in total. The highest BCUT2D eigenvalue weighted by Gasteiger charge is 2.41. The Bertz CT molecular complexity index is 1010. The van der Waals surface area contributed by atoms with E-state index in [2.05, 4.69) is 0 Å². The van der Waals surface area contributed by atoms with Crippen LogP contribution in [0.1, 0.15) is 19.4 Å². The summed E-state index contributed by atoms with van der Waals surface area (Å²) in [4.78, 5) is 12.1. The standard InChI is InChI=1S/C19H18ClNO5S/c1-4-26-18(22)19(2,12-21)13-8-7-11-16(17(13)25-3)27(23,24)15-10-6-5-9-14(15)20/h5-11H,4H2,1-3H3. The SMILES string of the molecule is CCOC(=O)C(C)(C#N)c1cccc(S(=O)(=O)c2ccccc2Cl)c1OC. The van der Waals surface area contributed by atoms with Gasteiger partial charge in [-0.05, 0) is 32.0 Å². The first-order valence-corrected chi connectivity index (χ1v) is 9.85. The first kappa shape index (κ1) is 20.7. The number of para-hydroxylation sites is 1. The summed E-state index contributed by atoms with van der Waals surface area (Å²) in [6.07, 6.45) is 0. The molecule has 2 aromatic rings. The molecule has 8 heteroatoms. The Morgan fingerprint density at radius 2 is 1.81 bits per heavy atom. The first-order chi connectivity index (χ1) is 12.7. The highest BCUT2D eigenvalue weighted by molar-refractivity contribution is 7.91. The topological polar surface area (TPSA) is 93.5 Å². The second-order valence-electron chi connectivity index (χ2n) is 5.73. The number of hydrogen-bond acceptors (Lipinski definition) is 6. The summed E-state index contributed by atoms with van der Waals surface area (Å²) in [5.41, 5.74) is -1.65. The molecule has 0 amide bonds. The molecule has 1 unspecified atom stereocenters. The van der Waals surface area contributed by atoms with Crippen LogP contribution in [-0.2, 0) is 24.8 Å². The molecule has 0 saturated heterocycles. The summed E-state index contributed by atoms with van der Waals surface area (Å²) < 4.78 is 36.6. The summed E-state index contributed by atoms with van der Waals surface area (Å²) in [5, 5.41) is 9.69. The molecule has 0 aliphatic carbocycles. The molecule has 0 spiro atoms. The van der Waals surface area contributed by atoms with E-state index in [1.807, 2.05) is 6.07 Å². The maximum Gasteiger partial charge on any atom is 0.330 e. The van der Waals surface area contributed by atoms with Gasteiger partial charge in [0, 0.05) is 5.56 Å². The van der Waals surface area contributed by atoms with E-state index in [1.165, 1.54) is 44.4 Å². The van der Waals surface area contributed by atoms with E-state index < -0.39 is 21.2 Å². The number of esters is 1. The van der Waals surface area contributed by atoms with Gasteiger partial charge in [-0.1, -0.05) is 35.9 Å². The summed E-state index contributed by atoms with van der Waals surface area (Å²) in [7, 11) is -2.79. The van der Waals surface area contributed by atoms with Crippen LogP contribution in [0.15, 0.2) is 52.3 Å². The van der Waals surface area contributed by atoms with Crippen molar-refractivity contribution in [3.63, 3.8) is 0 Å². The lowest BCUT2D eigenvalue weighted by atomic mass is 9.83. The summed E-state index contributed by atoms with van der Waals surface area (Å²) in [5.74, 6) is -0.896. The number of sulfone groups is 1. The Labute approximate surface area is 163 Å². The van der Waals surface area contributed by atoms with Crippen LogP contribution in [0, 0.1) is 11.3 Å². The molecule has 142 valence electrons. The van der Waals surface area contributed by atoms with Crippen LogP contribution in [0.3, 0.4) is 0 Å². The molecule has 0 fully saturated rings. The molecule has 0 saturated carbocycles. The maximum atomic E-state index is 13.1. The van der Waals surface area contributed by atoms with E-state index in [-0.39, 0.29) is 32.7 Å². The Morgan fingerprint density at radius 1 is 1.19 bits per heavy atom. The molecule has 27 heavy (non-hydrogen) atoms. The fraction of sp³-hybridized carbons (Fsp3) is 0.263. The molecule has 0 radical (unpaired) electrons. The lowest BCUT2D eigenvalue weighted by Crippen LogP contribution is -2.33. The van der Waals surface area contributed by atoms with Gasteiger partial charge in [-0.3, -0.25) is 0 Å². The van der Waals surface area contributed by atoms with Crippen LogP contribution in [0.25, 0.3) is 0 Å². The zero-order valence-electron chi connectivity index (χ0n) is 15.0. The fourth-order valence-corrected chi connectivity index (χ4v) is 4.56. The number of methoxy groups -OCH3 is 1. The second-order valence-corrected chi connectivity index (χ2v) is 8.02. The Kier molecular flexibility index (Phi) is 6.14. The number of carbonyl (C=O) groups is 1. The zero-order valence-corrected chi connectivity index (χ0v) is 16.6. The largest absolute Gasteiger partial charge is 0.495 e. The normalized spacial score (nSPS) is 13.3. The van der Waals surface area contributed by atoms with E-state index in [0.717, 1.165) is 0 Å². The smallest absolute Gasteiger partial charge is 0.330 e. The third kappa shape index (κ3) is 3.64. The third-order valence-electron chi connectivity index (χ3n) is 4.04. The van der Waals surface area contributed by atoms with Crippen molar-refractivity contribution in [2.45, 2.75) is 29.1 Å². The maximum absolute atomic E-state index is 13.1. The Hall–Kier alpha value is -2.56. The quantitative estimate of drug-likeness (QED) is 0.680. The van der Waals surface area contributed by atoms with Crippen molar-refractivity contribution in [3.8, 4) is 11.8 Å². The minimum Gasteiger partial charge on any atom is -0.495 e. The molecule has 6 nitrogen and oxygen atoms in total. The predicted octanol–water partition coefficient (Wildman–Crippen LogP) is 3.53. The van der Waals surface area contributed by atoms with E-state index in [0.29, 0.717) is 0 Å². The highest BCUT2D eigenvalue weighted by atomic mass is 35.5. The van der Waals surface area contributed by atoms with Crippen molar-refractivity contribution in [1.29, 1.82) is 5.26 Å². The Morgan fingerprint density at radius 3 is 2.37 bits per heavy atom. The average molecular weight is 408 g/mol. The van der Waals surface area contributed by atoms with Crippen molar-refractivity contribution in [2.75, 3.05) is 13.7 Å². The van der Waals surface area contributed by atoms with E-state index in [1.54, 1.807) is 19.1 Å². The van der Waals surface area contributed by atoms with Crippen molar-refractivity contribution in [2.24, 2.45) is 0 Å². The van der Waals surface area contributed by atoms with Gasteiger partial charge in [-0.2, -0.15) is 5.26 Å². The van der Waals surface area contributed by atoms with Gasteiger partial charge >= 0.3 is 5.97 Å². The minimum atomic E-state index is -4.06. The monoisotopic (exact) mass is 407 g/mol. The molecule has 2 aromatic carbocycles. The second kappa shape index (κ2) is 7.99. The van der Waals surface area contributed by atoms with Crippen molar-refractivity contribution in [3.05, 3.63) is 53.1 Å². The van der Waals surface area contributed by atoms with E-state index >= 15 is 0 Å². The van der Waals surface area contributed by atoms with E-state index in [9.17, 15) is 18.5 Å². The summed E-state index contributed by atoms with van der Waals surface area (Å²) in [6, 6.07) is 12.1. The molecular weight excluding hydrogens is 390 g/mol. The van der Waals surface area contributed by atoms with Gasteiger partial charge in [-0.15, -0.1) is 0 Å². The minimum absolute atomic E-state index is 0.0541.